The Bertz CT molecular complexity index is 230. The van der Waals surface area contributed by atoms with Gasteiger partial charge in [0.2, 0.25) is 5.91 Å². The van der Waals surface area contributed by atoms with Crippen LogP contribution in [0, 0.1) is 0 Å². The molecule has 0 bridgehead atoms. The Hall–Kier alpha value is -1.29. The Kier molecular flexibility index (Phi) is 2.28. The van der Waals surface area contributed by atoms with Gasteiger partial charge in [-0.3, -0.25) is 4.79 Å². The number of aromatic amines is 1. The fourth-order valence-corrected chi connectivity index (χ4v) is 0.840. The fourth-order valence-electron chi connectivity index (χ4n) is 0.840. The fraction of sp³-hybridized carbons (Fsp3) is 0.286. The molecule has 4 nitrogen and oxygen atoms in total. The van der Waals surface area contributed by atoms with E-state index in [1.54, 1.807) is 12.4 Å². The predicted molar refractivity (Wildman–Crippen MR) is 41.7 cm³/mol. The molecule has 4 heteroatoms. The molecule has 11 heavy (non-hydrogen) atoms. The minimum Gasteiger partial charge on any atom is -0.368 e. The summed E-state index contributed by atoms with van der Waals surface area (Å²) in [5.74, 6) is -0.466. The minimum atomic E-state index is -0.578. The molecule has 0 spiro atoms. The first-order valence-electron chi connectivity index (χ1n) is 3.36. The van der Waals surface area contributed by atoms with Crippen molar-refractivity contribution in [1.29, 1.82) is 0 Å². The molecule has 1 aromatic heterocycles. The van der Waals surface area contributed by atoms with E-state index in [0.717, 1.165) is 5.56 Å². The van der Waals surface area contributed by atoms with Crippen LogP contribution < -0.4 is 11.5 Å². The van der Waals surface area contributed by atoms with Crippen molar-refractivity contribution in [3.8, 4) is 0 Å². The van der Waals surface area contributed by atoms with Gasteiger partial charge in [-0.05, 0) is 18.1 Å². The number of hydrogen-bond acceptors (Lipinski definition) is 2. The smallest absolute Gasteiger partial charge is 0.234 e. The summed E-state index contributed by atoms with van der Waals surface area (Å²) in [4.78, 5) is 13.4. The Morgan fingerprint density at radius 1 is 1.73 bits per heavy atom. The van der Waals surface area contributed by atoms with E-state index in [0.29, 0.717) is 6.42 Å². The van der Waals surface area contributed by atoms with Gasteiger partial charge in [0, 0.05) is 12.4 Å². The SMILES string of the molecule is NC(=O)C(N)Cc1cc[nH]c1. The Balaban J connectivity index is 2.50. The van der Waals surface area contributed by atoms with Crippen LogP contribution >= 0.6 is 0 Å². The highest BCUT2D eigenvalue weighted by Crippen LogP contribution is 1.99. The van der Waals surface area contributed by atoms with Crippen molar-refractivity contribution < 1.29 is 4.79 Å². The summed E-state index contributed by atoms with van der Waals surface area (Å²) < 4.78 is 0. The number of carbonyl (C=O) groups is 1. The van der Waals surface area contributed by atoms with E-state index < -0.39 is 11.9 Å². The molecule has 60 valence electrons. The molecule has 1 amide bonds. The Morgan fingerprint density at radius 3 is 2.91 bits per heavy atom. The van der Waals surface area contributed by atoms with E-state index in [2.05, 4.69) is 4.98 Å². The Morgan fingerprint density at radius 2 is 2.45 bits per heavy atom. The molecule has 0 fully saturated rings. The lowest BCUT2D eigenvalue weighted by atomic mass is 10.1. The van der Waals surface area contributed by atoms with Crippen LogP contribution in [0.2, 0.25) is 0 Å². The number of primary amides is 1. The lowest BCUT2D eigenvalue weighted by molar-refractivity contribution is -0.119. The zero-order chi connectivity index (χ0) is 8.27. The van der Waals surface area contributed by atoms with Crippen molar-refractivity contribution in [2.75, 3.05) is 0 Å². The van der Waals surface area contributed by atoms with Crippen LogP contribution in [0.25, 0.3) is 0 Å². The summed E-state index contributed by atoms with van der Waals surface area (Å²) >= 11 is 0. The van der Waals surface area contributed by atoms with E-state index in [1.165, 1.54) is 0 Å². The normalized spacial score (nSPS) is 12.8. The van der Waals surface area contributed by atoms with Crippen LogP contribution in [0.3, 0.4) is 0 Å². The molecule has 0 saturated heterocycles. The number of hydrogen-bond donors (Lipinski definition) is 3. The van der Waals surface area contributed by atoms with Crippen LogP contribution in [-0.4, -0.2) is 16.9 Å². The molecule has 0 aliphatic rings. The summed E-state index contributed by atoms with van der Waals surface area (Å²) in [5, 5.41) is 0. The Labute approximate surface area is 64.6 Å². The van der Waals surface area contributed by atoms with Gasteiger partial charge in [0.25, 0.3) is 0 Å². The van der Waals surface area contributed by atoms with Gasteiger partial charge in [-0.25, -0.2) is 0 Å². The number of H-pyrrole nitrogens is 1. The second kappa shape index (κ2) is 3.21. The van der Waals surface area contributed by atoms with Crippen LogP contribution in [0.15, 0.2) is 18.5 Å². The predicted octanol–water partition coefficient (Wildman–Crippen LogP) is -0.630. The maximum atomic E-state index is 10.5. The van der Waals surface area contributed by atoms with E-state index in [1.807, 2.05) is 6.07 Å². The number of carbonyl (C=O) groups excluding carboxylic acids is 1. The number of aromatic nitrogens is 1. The standard InChI is InChI=1S/C7H11N3O/c8-6(7(9)11)3-5-1-2-10-4-5/h1-2,4,6,10H,3,8H2,(H2,9,11). The molecule has 0 aliphatic heterocycles. The quantitative estimate of drug-likeness (QED) is 0.540. The molecule has 0 saturated carbocycles. The van der Waals surface area contributed by atoms with E-state index in [-0.39, 0.29) is 0 Å². The van der Waals surface area contributed by atoms with Crippen molar-refractivity contribution in [1.82, 2.24) is 4.98 Å². The summed E-state index contributed by atoms with van der Waals surface area (Å²) in [6.45, 7) is 0. The average molecular weight is 153 g/mol. The molecular weight excluding hydrogens is 142 g/mol. The van der Waals surface area contributed by atoms with Crippen LogP contribution in [0.1, 0.15) is 5.56 Å². The molecule has 1 atom stereocenters. The monoisotopic (exact) mass is 153 g/mol. The van der Waals surface area contributed by atoms with Gasteiger partial charge in [-0.1, -0.05) is 0 Å². The molecule has 0 aromatic carbocycles. The third-order valence-corrected chi connectivity index (χ3v) is 1.48. The molecule has 1 rings (SSSR count). The van der Waals surface area contributed by atoms with Gasteiger partial charge >= 0.3 is 0 Å². The van der Waals surface area contributed by atoms with E-state index >= 15 is 0 Å². The zero-order valence-corrected chi connectivity index (χ0v) is 6.08. The molecule has 1 aromatic rings. The van der Waals surface area contributed by atoms with Crippen molar-refractivity contribution in [3.05, 3.63) is 24.0 Å². The van der Waals surface area contributed by atoms with Crippen LogP contribution in [-0.2, 0) is 11.2 Å². The van der Waals surface area contributed by atoms with Crippen molar-refractivity contribution in [2.24, 2.45) is 11.5 Å². The van der Waals surface area contributed by atoms with E-state index in [9.17, 15) is 4.79 Å². The first kappa shape index (κ1) is 7.81. The zero-order valence-electron chi connectivity index (χ0n) is 6.08. The van der Waals surface area contributed by atoms with Crippen molar-refractivity contribution >= 4 is 5.91 Å². The van der Waals surface area contributed by atoms with Crippen LogP contribution in [0.4, 0.5) is 0 Å². The summed E-state index contributed by atoms with van der Waals surface area (Å²) in [5.41, 5.74) is 11.4. The molecule has 1 unspecified atom stereocenters. The molecule has 5 N–H and O–H groups in total. The number of amides is 1. The second-order valence-corrected chi connectivity index (χ2v) is 2.43. The van der Waals surface area contributed by atoms with Gasteiger partial charge < -0.3 is 16.5 Å². The van der Waals surface area contributed by atoms with Crippen molar-refractivity contribution in [2.45, 2.75) is 12.5 Å². The lowest BCUT2D eigenvalue weighted by Crippen LogP contribution is -2.37. The third-order valence-electron chi connectivity index (χ3n) is 1.48. The van der Waals surface area contributed by atoms with Gasteiger partial charge in [-0.2, -0.15) is 0 Å². The lowest BCUT2D eigenvalue weighted by Gasteiger charge is -2.03. The first-order chi connectivity index (χ1) is 5.20. The van der Waals surface area contributed by atoms with Crippen molar-refractivity contribution in [3.63, 3.8) is 0 Å². The largest absolute Gasteiger partial charge is 0.368 e. The molecule has 1 heterocycles. The number of nitrogens with two attached hydrogens (primary N) is 2. The number of rotatable bonds is 3. The summed E-state index contributed by atoms with van der Waals surface area (Å²) in [7, 11) is 0. The number of nitrogens with one attached hydrogen (secondary N) is 1. The average Bonchev–Trinajstić information content (AvgIpc) is 2.39. The van der Waals surface area contributed by atoms with Gasteiger partial charge in [0.1, 0.15) is 0 Å². The highest BCUT2D eigenvalue weighted by Gasteiger charge is 2.09. The third kappa shape index (κ3) is 2.09. The molecule has 0 aliphatic carbocycles. The summed E-state index contributed by atoms with van der Waals surface area (Å²) in [6, 6.07) is 1.29. The maximum absolute atomic E-state index is 10.5. The van der Waals surface area contributed by atoms with Gasteiger partial charge in [0.05, 0.1) is 6.04 Å². The van der Waals surface area contributed by atoms with E-state index in [4.69, 9.17) is 11.5 Å². The van der Waals surface area contributed by atoms with Crippen LogP contribution in [0.5, 0.6) is 0 Å². The molecular formula is C7H11N3O. The van der Waals surface area contributed by atoms with Gasteiger partial charge in [0.15, 0.2) is 0 Å². The highest BCUT2D eigenvalue weighted by molar-refractivity contribution is 5.79. The molecule has 0 radical (unpaired) electrons. The summed E-state index contributed by atoms with van der Waals surface area (Å²) in [6.07, 6.45) is 4.07. The topological polar surface area (TPSA) is 84.9 Å². The highest BCUT2D eigenvalue weighted by atomic mass is 16.1. The van der Waals surface area contributed by atoms with Gasteiger partial charge in [-0.15, -0.1) is 0 Å². The minimum absolute atomic E-state index is 0.466. The first-order valence-corrected chi connectivity index (χ1v) is 3.36. The second-order valence-electron chi connectivity index (χ2n) is 2.43. The maximum Gasteiger partial charge on any atom is 0.234 e.